The number of aryl methyl sites for hydroxylation is 1. The van der Waals surface area contributed by atoms with Crippen molar-refractivity contribution < 1.29 is 9.47 Å². The summed E-state index contributed by atoms with van der Waals surface area (Å²) in [7, 11) is 0. The van der Waals surface area contributed by atoms with Crippen LogP contribution in [0.2, 0.25) is 0 Å². The van der Waals surface area contributed by atoms with Gasteiger partial charge in [-0.2, -0.15) is 0 Å². The third-order valence-electron chi connectivity index (χ3n) is 3.78. The van der Waals surface area contributed by atoms with E-state index in [0.717, 1.165) is 22.6 Å². The quantitative estimate of drug-likeness (QED) is 0.813. The highest BCUT2D eigenvalue weighted by molar-refractivity contribution is 5.44. The molecule has 2 aromatic rings. The van der Waals surface area contributed by atoms with Gasteiger partial charge in [0.25, 0.3) is 0 Å². The maximum Gasteiger partial charge on any atom is 0.126 e. The first-order chi connectivity index (χ1) is 10.9. The van der Waals surface area contributed by atoms with Gasteiger partial charge >= 0.3 is 0 Å². The van der Waals surface area contributed by atoms with Gasteiger partial charge < -0.3 is 15.2 Å². The molecule has 124 valence electrons. The van der Waals surface area contributed by atoms with Crippen LogP contribution in [-0.4, -0.2) is 13.2 Å². The Morgan fingerprint density at radius 1 is 0.913 bits per heavy atom. The number of benzene rings is 2. The fourth-order valence-corrected chi connectivity index (χ4v) is 2.46. The van der Waals surface area contributed by atoms with E-state index in [1.165, 1.54) is 5.56 Å². The normalized spacial score (nSPS) is 11.3. The van der Waals surface area contributed by atoms with E-state index >= 15 is 0 Å². The third-order valence-corrected chi connectivity index (χ3v) is 3.78. The Bertz CT molecular complexity index is 627. The summed E-state index contributed by atoms with van der Waals surface area (Å²) in [6.45, 7) is 10.3. The van der Waals surface area contributed by atoms with Crippen LogP contribution >= 0.6 is 0 Å². The Morgan fingerprint density at radius 2 is 1.57 bits per heavy atom. The van der Waals surface area contributed by atoms with Crippen LogP contribution in [0, 0.1) is 6.92 Å². The van der Waals surface area contributed by atoms with E-state index in [2.05, 4.69) is 45.9 Å². The van der Waals surface area contributed by atoms with E-state index in [1.807, 2.05) is 24.3 Å². The Hall–Kier alpha value is -2.00. The van der Waals surface area contributed by atoms with Crippen LogP contribution in [0.3, 0.4) is 0 Å². The van der Waals surface area contributed by atoms with Gasteiger partial charge in [-0.15, -0.1) is 0 Å². The highest BCUT2D eigenvalue weighted by Crippen LogP contribution is 2.33. The Morgan fingerprint density at radius 3 is 2.17 bits per heavy atom. The topological polar surface area (TPSA) is 44.5 Å². The molecule has 0 saturated carbocycles. The monoisotopic (exact) mass is 313 g/mol. The first-order valence-electron chi connectivity index (χ1n) is 8.06. The van der Waals surface area contributed by atoms with Crippen molar-refractivity contribution in [1.82, 2.24) is 0 Å². The molecule has 0 amide bonds. The van der Waals surface area contributed by atoms with Gasteiger partial charge in [-0.1, -0.05) is 51.1 Å². The Kier molecular flexibility index (Phi) is 5.67. The van der Waals surface area contributed by atoms with Gasteiger partial charge in [0.15, 0.2) is 0 Å². The van der Waals surface area contributed by atoms with E-state index < -0.39 is 0 Å². The van der Waals surface area contributed by atoms with Gasteiger partial charge in [-0.05, 0) is 41.2 Å². The summed E-state index contributed by atoms with van der Waals surface area (Å²) in [6, 6.07) is 14.1. The van der Waals surface area contributed by atoms with E-state index in [4.69, 9.17) is 15.2 Å². The molecule has 23 heavy (non-hydrogen) atoms. The lowest BCUT2D eigenvalue weighted by Gasteiger charge is -2.24. The van der Waals surface area contributed by atoms with E-state index in [-0.39, 0.29) is 5.41 Å². The van der Waals surface area contributed by atoms with Crippen LogP contribution in [0.5, 0.6) is 11.5 Å². The van der Waals surface area contributed by atoms with Crippen molar-refractivity contribution in [3.8, 4) is 11.5 Å². The molecule has 3 nitrogen and oxygen atoms in total. The smallest absolute Gasteiger partial charge is 0.126 e. The van der Waals surface area contributed by atoms with Crippen molar-refractivity contribution in [3.63, 3.8) is 0 Å². The molecule has 0 atom stereocenters. The number of rotatable bonds is 6. The fourth-order valence-electron chi connectivity index (χ4n) is 2.46. The third kappa shape index (κ3) is 4.73. The zero-order valence-electron chi connectivity index (χ0n) is 14.6. The van der Waals surface area contributed by atoms with Gasteiger partial charge in [0.1, 0.15) is 24.7 Å². The molecule has 0 fully saturated rings. The predicted molar refractivity (Wildman–Crippen MR) is 95.2 cm³/mol. The lowest BCUT2D eigenvalue weighted by atomic mass is 9.85. The van der Waals surface area contributed by atoms with Gasteiger partial charge in [-0.3, -0.25) is 0 Å². The Labute approximate surface area is 139 Å². The minimum Gasteiger partial charge on any atom is -0.490 e. The minimum absolute atomic E-state index is 0.0558. The molecular weight excluding hydrogens is 286 g/mol. The minimum atomic E-state index is 0.0558. The highest BCUT2D eigenvalue weighted by Gasteiger charge is 2.20. The maximum atomic E-state index is 6.02. The molecule has 0 saturated heterocycles. The molecule has 0 spiro atoms. The van der Waals surface area contributed by atoms with Crippen molar-refractivity contribution in [2.45, 2.75) is 39.7 Å². The van der Waals surface area contributed by atoms with Crippen LogP contribution in [0.4, 0.5) is 0 Å². The van der Waals surface area contributed by atoms with E-state index in [0.29, 0.717) is 19.8 Å². The van der Waals surface area contributed by atoms with Gasteiger partial charge in [0.2, 0.25) is 0 Å². The fraction of sp³-hybridized carbons (Fsp3) is 0.400. The zero-order chi connectivity index (χ0) is 16.9. The van der Waals surface area contributed by atoms with Crippen molar-refractivity contribution in [2.75, 3.05) is 13.2 Å². The van der Waals surface area contributed by atoms with Crippen LogP contribution in [-0.2, 0) is 12.0 Å². The summed E-state index contributed by atoms with van der Waals surface area (Å²) in [5.74, 6) is 1.81. The molecule has 2 N–H and O–H groups in total. The zero-order valence-corrected chi connectivity index (χ0v) is 14.6. The molecule has 0 heterocycles. The summed E-state index contributed by atoms with van der Waals surface area (Å²) in [5, 5.41) is 0. The van der Waals surface area contributed by atoms with Gasteiger partial charge in [0, 0.05) is 6.54 Å². The lowest BCUT2D eigenvalue weighted by molar-refractivity contribution is 0.213. The van der Waals surface area contributed by atoms with Crippen molar-refractivity contribution in [2.24, 2.45) is 5.73 Å². The largest absolute Gasteiger partial charge is 0.490 e. The van der Waals surface area contributed by atoms with Crippen LogP contribution in [0.1, 0.15) is 37.5 Å². The summed E-state index contributed by atoms with van der Waals surface area (Å²) < 4.78 is 11.7. The number of hydrogen-bond acceptors (Lipinski definition) is 3. The number of hydrogen-bond donors (Lipinski definition) is 1. The molecule has 2 aromatic carbocycles. The molecule has 2 rings (SSSR count). The SMILES string of the molecule is Cc1cccc(C(C)(C)C)c1OCCOc1ccc(CN)cc1. The second kappa shape index (κ2) is 7.51. The molecule has 0 aliphatic carbocycles. The average Bonchev–Trinajstić information content (AvgIpc) is 2.52. The van der Waals surface area contributed by atoms with Crippen molar-refractivity contribution in [1.29, 1.82) is 0 Å². The molecular formula is C20H27NO2. The molecule has 3 heteroatoms. The summed E-state index contributed by atoms with van der Waals surface area (Å²) in [4.78, 5) is 0. The Balaban J connectivity index is 1.93. The van der Waals surface area contributed by atoms with Crippen LogP contribution in [0.15, 0.2) is 42.5 Å². The second-order valence-corrected chi connectivity index (χ2v) is 6.75. The molecule has 0 aliphatic rings. The van der Waals surface area contributed by atoms with Crippen molar-refractivity contribution in [3.05, 3.63) is 59.2 Å². The van der Waals surface area contributed by atoms with Gasteiger partial charge in [-0.25, -0.2) is 0 Å². The van der Waals surface area contributed by atoms with Crippen LogP contribution in [0.25, 0.3) is 0 Å². The summed E-state index contributed by atoms with van der Waals surface area (Å²) >= 11 is 0. The summed E-state index contributed by atoms with van der Waals surface area (Å²) in [5.41, 5.74) is 9.13. The maximum absolute atomic E-state index is 6.02. The molecule has 0 aromatic heterocycles. The predicted octanol–water partition coefficient (Wildman–Crippen LogP) is 4.21. The van der Waals surface area contributed by atoms with Crippen LogP contribution < -0.4 is 15.2 Å². The van der Waals surface area contributed by atoms with E-state index in [9.17, 15) is 0 Å². The first kappa shape index (κ1) is 17.4. The summed E-state index contributed by atoms with van der Waals surface area (Å²) in [6.07, 6.45) is 0. The average molecular weight is 313 g/mol. The standard InChI is InChI=1S/C20H27NO2/c1-15-6-5-7-18(20(2,3)4)19(15)23-13-12-22-17-10-8-16(14-21)9-11-17/h5-11H,12-14,21H2,1-4H3. The second-order valence-electron chi connectivity index (χ2n) is 6.75. The lowest BCUT2D eigenvalue weighted by Crippen LogP contribution is -2.16. The van der Waals surface area contributed by atoms with E-state index in [1.54, 1.807) is 0 Å². The molecule has 0 unspecified atom stereocenters. The highest BCUT2D eigenvalue weighted by atomic mass is 16.5. The van der Waals surface area contributed by atoms with Crippen molar-refractivity contribution >= 4 is 0 Å². The number of ether oxygens (including phenoxy) is 2. The van der Waals surface area contributed by atoms with Gasteiger partial charge in [0.05, 0.1) is 0 Å². The molecule has 0 radical (unpaired) electrons. The molecule has 0 bridgehead atoms. The first-order valence-corrected chi connectivity index (χ1v) is 8.06. The number of nitrogens with two attached hydrogens (primary N) is 1. The number of para-hydroxylation sites is 1. The molecule has 0 aliphatic heterocycles.